The quantitative estimate of drug-likeness (QED) is 0.165. The number of aliphatic hydroxyl groups is 2. The fraction of sp³-hybridized carbons (Fsp3) is 0.667. The van der Waals surface area contributed by atoms with E-state index in [1.165, 1.54) is 0 Å². The molecule has 0 radical (unpaired) electrons. The van der Waals surface area contributed by atoms with E-state index in [2.05, 4.69) is 46.5 Å². The van der Waals surface area contributed by atoms with E-state index in [9.17, 15) is 10.2 Å². The van der Waals surface area contributed by atoms with Crippen LogP contribution in [0, 0.1) is 0 Å². The molecule has 9 nitrogen and oxygen atoms in total. The molecule has 0 unspecified atom stereocenters. The third kappa shape index (κ3) is 9.23. The van der Waals surface area contributed by atoms with Gasteiger partial charge in [-0.2, -0.15) is 0 Å². The number of aliphatic hydroxyl groups excluding tert-OH is 1. The SMILES string of the molecule is COc1ccc(COCc2coc(C[C@]3(O)C[C@H](OC)C[C@H]([C@@H](/C=C(\C)CO)O[Si](C(C)C)(C(C)C)C(C)C)O3)n2)cc1. The lowest BCUT2D eigenvalue weighted by Gasteiger charge is -2.48. The molecule has 0 aliphatic carbocycles. The smallest absolute Gasteiger partial charge is 0.201 e. The van der Waals surface area contributed by atoms with Gasteiger partial charge in [0.15, 0.2) is 11.7 Å². The minimum Gasteiger partial charge on any atom is -0.497 e. The summed E-state index contributed by atoms with van der Waals surface area (Å²) in [5.41, 5.74) is 3.52. The van der Waals surface area contributed by atoms with Gasteiger partial charge in [-0.1, -0.05) is 59.8 Å². The Balaban J connectivity index is 1.77. The van der Waals surface area contributed by atoms with Crippen molar-refractivity contribution >= 4 is 8.32 Å². The molecule has 0 amide bonds. The molecule has 2 N–H and O–H groups in total. The molecular formula is C33H53NO8Si. The largest absolute Gasteiger partial charge is 0.497 e. The van der Waals surface area contributed by atoms with Crippen LogP contribution in [-0.4, -0.2) is 68.4 Å². The minimum atomic E-state index is -2.33. The molecule has 43 heavy (non-hydrogen) atoms. The van der Waals surface area contributed by atoms with Crippen LogP contribution in [0.15, 0.2) is 46.6 Å². The topological polar surface area (TPSA) is 113 Å². The molecule has 2 heterocycles. The van der Waals surface area contributed by atoms with E-state index in [4.69, 9.17) is 27.8 Å². The number of nitrogens with zero attached hydrogens (tertiary/aromatic N) is 1. The van der Waals surface area contributed by atoms with E-state index in [1.807, 2.05) is 37.3 Å². The Morgan fingerprint density at radius 3 is 2.28 bits per heavy atom. The van der Waals surface area contributed by atoms with Gasteiger partial charge >= 0.3 is 0 Å². The average molecular weight is 620 g/mol. The summed E-state index contributed by atoms with van der Waals surface area (Å²) in [6, 6.07) is 7.70. The maximum absolute atomic E-state index is 11.8. The van der Waals surface area contributed by atoms with Crippen molar-refractivity contribution in [1.29, 1.82) is 0 Å². The van der Waals surface area contributed by atoms with Gasteiger partial charge in [0.2, 0.25) is 8.32 Å². The molecule has 0 bridgehead atoms. The van der Waals surface area contributed by atoms with Crippen LogP contribution < -0.4 is 4.74 Å². The van der Waals surface area contributed by atoms with Gasteiger partial charge in [0, 0.05) is 20.0 Å². The number of rotatable bonds is 16. The molecule has 3 rings (SSSR count). The number of hydrogen-bond donors (Lipinski definition) is 2. The van der Waals surface area contributed by atoms with Gasteiger partial charge in [0.25, 0.3) is 0 Å². The Morgan fingerprint density at radius 1 is 1.07 bits per heavy atom. The number of benzene rings is 1. The first kappa shape index (κ1) is 35.4. The molecule has 1 aromatic heterocycles. The Labute approximate surface area is 258 Å². The highest BCUT2D eigenvalue weighted by atomic mass is 28.4. The molecule has 2 aromatic rings. The summed E-state index contributed by atoms with van der Waals surface area (Å²) >= 11 is 0. The van der Waals surface area contributed by atoms with E-state index < -0.39 is 26.3 Å². The van der Waals surface area contributed by atoms with Gasteiger partial charge in [0.1, 0.15) is 17.7 Å². The standard InChI is InChI=1S/C33H53NO8Si/c1-22(2)43(23(3)4,24(5)6)42-31(14-25(7)18-35)30-15-29(38-9)16-33(36,41-30)17-32-34-27(21-40-32)20-39-19-26-10-12-28(37-8)13-11-26/h10-14,21-24,29-31,35-36H,15-20H2,1-9H3/b25-14+/t29-,30-,31-,33+/m1/s1. The van der Waals surface area contributed by atoms with E-state index in [1.54, 1.807) is 20.5 Å². The second-order valence-corrected chi connectivity index (χ2v) is 18.1. The van der Waals surface area contributed by atoms with Crippen LogP contribution >= 0.6 is 0 Å². The minimum absolute atomic E-state index is 0.0539. The van der Waals surface area contributed by atoms with Crippen LogP contribution in [0.1, 0.15) is 78.5 Å². The molecule has 4 atom stereocenters. The summed E-state index contributed by atoms with van der Waals surface area (Å²) in [6.45, 7) is 15.9. The van der Waals surface area contributed by atoms with Gasteiger partial charge < -0.3 is 38.0 Å². The Morgan fingerprint density at radius 2 is 1.72 bits per heavy atom. The number of aromatic nitrogens is 1. The summed E-state index contributed by atoms with van der Waals surface area (Å²) in [6.07, 6.45) is 3.18. The zero-order valence-electron chi connectivity index (χ0n) is 27.5. The third-order valence-electron chi connectivity index (χ3n) is 8.56. The van der Waals surface area contributed by atoms with Crippen molar-refractivity contribution in [3.8, 4) is 5.75 Å². The number of oxazole rings is 1. The fourth-order valence-electron chi connectivity index (χ4n) is 6.49. The first-order valence-corrected chi connectivity index (χ1v) is 17.5. The Kier molecular flexibility index (Phi) is 13.0. The maximum Gasteiger partial charge on any atom is 0.201 e. The maximum atomic E-state index is 11.8. The van der Waals surface area contributed by atoms with Crippen molar-refractivity contribution in [3.05, 3.63) is 59.3 Å². The van der Waals surface area contributed by atoms with Crippen LogP contribution in [0.2, 0.25) is 16.6 Å². The number of methoxy groups -OCH3 is 2. The summed E-state index contributed by atoms with van der Waals surface area (Å²) in [5.74, 6) is -0.421. The molecule has 0 spiro atoms. The summed E-state index contributed by atoms with van der Waals surface area (Å²) in [4.78, 5) is 4.56. The highest BCUT2D eigenvalue weighted by Gasteiger charge is 2.50. The molecule has 1 aromatic carbocycles. The van der Waals surface area contributed by atoms with E-state index in [-0.39, 0.29) is 32.2 Å². The summed E-state index contributed by atoms with van der Waals surface area (Å²) < 4.78 is 36.2. The van der Waals surface area contributed by atoms with Gasteiger partial charge in [-0.05, 0) is 46.8 Å². The Hall–Kier alpha value is -2.05. The molecule has 1 saturated heterocycles. The highest BCUT2D eigenvalue weighted by Crippen LogP contribution is 2.45. The molecule has 1 aliphatic heterocycles. The first-order valence-electron chi connectivity index (χ1n) is 15.4. The Bertz CT molecular complexity index is 1130. The van der Waals surface area contributed by atoms with Crippen molar-refractivity contribution in [3.63, 3.8) is 0 Å². The second kappa shape index (κ2) is 15.8. The van der Waals surface area contributed by atoms with Crippen molar-refractivity contribution in [1.82, 2.24) is 4.98 Å². The molecule has 10 heteroatoms. The first-order chi connectivity index (χ1) is 20.3. The molecule has 1 aliphatic rings. The molecule has 1 fully saturated rings. The predicted molar refractivity (Wildman–Crippen MR) is 168 cm³/mol. The molecule has 242 valence electrons. The zero-order valence-corrected chi connectivity index (χ0v) is 28.5. The second-order valence-electron chi connectivity index (χ2n) is 12.7. The lowest BCUT2D eigenvalue weighted by molar-refractivity contribution is -0.285. The summed E-state index contributed by atoms with van der Waals surface area (Å²) in [5, 5.41) is 21.7. The monoisotopic (exact) mass is 619 g/mol. The van der Waals surface area contributed by atoms with Gasteiger partial charge in [-0.15, -0.1) is 0 Å². The normalized spacial score (nSPS) is 22.5. The van der Waals surface area contributed by atoms with Crippen molar-refractivity contribution in [2.24, 2.45) is 0 Å². The van der Waals surface area contributed by atoms with Crippen molar-refractivity contribution in [2.75, 3.05) is 20.8 Å². The van der Waals surface area contributed by atoms with Crippen molar-refractivity contribution in [2.45, 2.75) is 122 Å². The molecular weight excluding hydrogens is 566 g/mol. The highest BCUT2D eigenvalue weighted by molar-refractivity contribution is 6.77. The van der Waals surface area contributed by atoms with Gasteiger partial charge in [0.05, 0.1) is 51.7 Å². The van der Waals surface area contributed by atoms with Crippen LogP contribution in [-0.2, 0) is 38.3 Å². The van der Waals surface area contributed by atoms with Gasteiger partial charge in [-0.25, -0.2) is 4.98 Å². The average Bonchev–Trinajstić information content (AvgIpc) is 3.40. The third-order valence-corrected chi connectivity index (χ3v) is 14.7. The number of hydrogen-bond acceptors (Lipinski definition) is 9. The fourth-order valence-corrected chi connectivity index (χ4v) is 12.0. The molecule has 0 saturated carbocycles. The van der Waals surface area contributed by atoms with Crippen LogP contribution in [0.4, 0.5) is 0 Å². The van der Waals surface area contributed by atoms with Crippen LogP contribution in [0.25, 0.3) is 0 Å². The predicted octanol–water partition coefficient (Wildman–Crippen LogP) is 6.32. The van der Waals surface area contributed by atoms with E-state index in [0.29, 0.717) is 41.2 Å². The zero-order chi connectivity index (χ0) is 31.8. The van der Waals surface area contributed by atoms with Gasteiger partial charge in [-0.3, -0.25) is 0 Å². The van der Waals surface area contributed by atoms with E-state index in [0.717, 1.165) is 16.9 Å². The van der Waals surface area contributed by atoms with Crippen LogP contribution in [0.5, 0.6) is 5.75 Å². The lowest BCUT2D eigenvalue weighted by Crippen LogP contribution is -2.56. The number of ether oxygens (including phenoxy) is 4. The van der Waals surface area contributed by atoms with Crippen LogP contribution in [0.3, 0.4) is 0 Å². The van der Waals surface area contributed by atoms with E-state index >= 15 is 0 Å². The lowest BCUT2D eigenvalue weighted by atomic mass is 9.93. The van der Waals surface area contributed by atoms with Crippen molar-refractivity contribution < 1.29 is 38.0 Å². The summed E-state index contributed by atoms with van der Waals surface area (Å²) in [7, 11) is 0.961.